The van der Waals surface area contributed by atoms with Crippen molar-refractivity contribution in [1.29, 1.82) is 0 Å². The van der Waals surface area contributed by atoms with E-state index in [4.69, 9.17) is 0 Å². The number of nitrogens with zero attached hydrogens (tertiary/aromatic N) is 2. The SMILES string of the molecule is O=CC1=NCN(c2ccccc2)c2ccccc21. The largest absolute Gasteiger partial charge is 0.321 e. The number of carbonyl (C=O) groups excluding carboxylic acids is 1. The van der Waals surface area contributed by atoms with Crippen molar-refractivity contribution in [3.05, 3.63) is 60.2 Å². The molecule has 0 unspecified atom stereocenters. The second kappa shape index (κ2) is 4.45. The summed E-state index contributed by atoms with van der Waals surface area (Å²) in [6.07, 6.45) is 0.821. The van der Waals surface area contributed by atoms with Crippen LogP contribution < -0.4 is 4.90 Å². The molecule has 2 aromatic rings. The van der Waals surface area contributed by atoms with Crippen LogP contribution in [0.2, 0.25) is 0 Å². The maximum absolute atomic E-state index is 11.0. The van der Waals surface area contributed by atoms with Crippen LogP contribution in [0.3, 0.4) is 0 Å². The average molecular weight is 236 g/mol. The highest BCUT2D eigenvalue weighted by Gasteiger charge is 2.19. The summed E-state index contributed by atoms with van der Waals surface area (Å²) in [6.45, 7) is 0.481. The van der Waals surface area contributed by atoms with E-state index in [-0.39, 0.29) is 0 Å². The molecule has 3 rings (SSSR count). The molecule has 0 saturated heterocycles. The molecule has 0 amide bonds. The Morgan fingerprint density at radius 1 is 1.00 bits per heavy atom. The highest BCUT2D eigenvalue weighted by Crippen LogP contribution is 2.31. The molecule has 0 aliphatic carbocycles. The summed E-state index contributed by atoms with van der Waals surface area (Å²) < 4.78 is 0. The number of rotatable bonds is 2. The zero-order valence-corrected chi connectivity index (χ0v) is 9.78. The molecule has 88 valence electrons. The van der Waals surface area contributed by atoms with Gasteiger partial charge in [0.1, 0.15) is 12.4 Å². The summed E-state index contributed by atoms with van der Waals surface area (Å²) in [5, 5.41) is 0. The Morgan fingerprint density at radius 2 is 1.72 bits per heavy atom. The smallest absolute Gasteiger partial charge is 0.168 e. The minimum atomic E-state index is 0.481. The fraction of sp³-hybridized carbons (Fsp3) is 0.0667. The number of benzene rings is 2. The molecule has 1 aliphatic heterocycles. The average Bonchev–Trinajstić information content (AvgIpc) is 2.47. The van der Waals surface area contributed by atoms with E-state index in [1.54, 1.807) is 0 Å². The number of carbonyl (C=O) groups is 1. The highest BCUT2D eigenvalue weighted by molar-refractivity contribution is 6.38. The van der Waals surface area contributed by atoms with E-state index in [1.165, 1.54) is 0 Å². The molecule has 3 heteroatoms. The third-order valence-electron chi connectivity index (χ3n) is 3.03. The van der Waals surface area contributed by atoms with Gasteiger partial charge in [-0.15, -0.1) is 0 Å². The second-order valence-electron chi connectivity index (χ2n) is 4.08. The van der Waals surface area contributed by atoms with Crippen molar-refractivity contribution < 1.29 is 4.79 Å². The van der Waals surface area contributed by atoms with Gasteiger partial charge >= 0.3 is 0 Å². The van der Waals surface area contributed by atoms with Crippen molar-refractivity contribution in [2.24, 2.45) is 4.99 Å². The van der Waals surface area contributed by atoms with Crippen molar-refractivity contribution in [2.75, 3.05) is 11.6 Å². The topological polar surface area (TPSA) is 32.7 Å². The van der Waals surface area contributed by atoms with Crippen molar-refractivity contribution in [3.63, 3.8) is 0 Å². The molecule has 0 N–H and O–H groups in total. The first-order valence-electron chi connectivity index (χ1n) is 5.82. The maximum atomic E-state index is 11.0. The van der Waals surface area contributed by atoms with Gasteiger partial charge in [-0.1, -0.05) is 36.4 Å². The first kappa shape index (κ1) is 10.7. The number of para-hydroxylation sites is 2. The standard InChI is InChI=1S/C15H12N2O/c18-10-14-13-8-4-5-9-15(13)17(11-16-14)12-6-2-1-3-7-12/h1-10H,11H2. The third kappa shape index (κ3) is 1.70. The zero-order chi connectivity index (χ0) is 12.4. The van der Waals surface area contributed by atoms with E-state index in [2.05, 4.69) is 9.89 Å². The first-order chi connectivity index (χ1) is 8.90. The van der Waals surface area contributed by atoms with Crippen molar-refractivity contribution in [2.45, 2.75) is 0 Å². The van der Waals surface area contributed by atoms with Gasteiger partial charge in [-0.3, -0.25) is 9.79 Å². The van der Waals surface area contributed by atoms with Crippen LogP contribution in [0, 0.1) is 0 Å². The molecule has 1 aliphatic rings. The molecule has 0 bridgehead atoms. The van der Waals surface area contributed by atoms with Gasteiger partial charge in [-0.2, -0.15) is 0 Å². The minimum absolute atomic E-state index is 0.481. The van der Waals surface area contributed by atoms with Crippen LogP contribution in [0.4, 0.5) is 11.4 Å². The number of anilines is 2. The maximum Gasteiger partial charge on any atom is 0.168 e. The van der Waals surface area contributed by atoms with Crippen LogP contribution >= 0.6 is 0 Å². The number of hydrogen-bond donors (Lipinski definition) is 0. The molecule has 0 saturated carbocycles. The lowest BCUT2D eigenvalue weighted by Crippen LogP contribution is -2.25. The molecular formula is C15H12N2O. The molecule has 1 heterocycles. The van der Waals surface area contributed by atoms with Gasteiger partial charge in [0.25, 0.3) is 0 Å². The minimum Gasteiger partial charge on any atom is -0.321 e. The predicted molar refractivity (Wildman–Crippen MR) is 72.5 cm³/mol. The quantitative estimate of drug-likeness (QED) is 0.751. The van der Waals surface area contributed by atoms with E-state index in [9.17, 15) is 4.79 Å². The monoisotopic (exact) mass is 236 g/mol. The van der Waals surface area contributed by atoms with Crippen LogP contribution in [-0.2, 0) is 4.79 Å². The summed E-state index contributed by atoms with van der Waals surface area (Å²) in [5.41, 5.74) is 3.53. The molecule has 0 radical (unpaired) electrons. The summed E-state index contributed by atoms with van der Waals surface area (Å²) >= 11 is 0. The van der Waals surface area contributed by atoms with Crippen LogP contribution in [0.5, 0.6) is 0 Å². The van der Waals surface area contributed by atoms with E-state index in [0.717, 1.165) is 23.2 Å². The fourth-order valence-corrected chi connectivity index (χ4v) is 2.16. The Balaban J connectivity index is 2.12. The number of aldehydes is 1. The summed E-state index contributed by atoms with van der Waals surface area (Å²) in [6, 6.07) is 17.9. The Morgan fingerprint density at radius 3 is 2.50 bits per heavy atom. The molecule has 0 atom stereocenters. The van der Waals surface area contributed by atoms with Crippen molar-refractivity contribution >= 4 is 23.4 Å². The summed E-state index contributed by atoms with van der Waals surface area (Å²) in [5.74, 6) is 0. The van der Waals surface area contributed by atoms with Crippen LogP contribution in [0.25, 0.3) is 0 Å². The zero-order valence-electron chi connectivity index (χ0n) is 9.78. The first-order valence-corrected chi connectivity index (χ1v) is 5.82. The van der Waals surface area contributed by atoms with Gasteiger partial charge in [-0.25, -0.2) is 0 Å². The molecule has 3 nitrogen and oxygen atoms in total. The molecular weight excluding hydrogens is 224 g/mol. The van der Waals surface area contributed by atoms with Gasteiger partial charge in [0.15, 0.2) is 6.29 Å². The van der Waals surface area contributed by atoms with E-state index in [1.807, 2.05) is 54.6 Å². The molecule has 0 fully saturated rings. The Labute approximate surface area is 105 Å². The lowest BCUT2D eigenvalue weighted by atomic mass is 10.1. The summed E-state index contributed by atoms with van der Waals surface area (Å²) in [7, 11) is 0. The van der Waals surface area contributed by atoms with Crippen LogP contribution in [-0.4, -0.2) is 18.7 Å². The second-order valence-corrected chi connectivity index (χ2v) is 4.08. The Kier molecular flexibility index (Phi) is 2.65. The van der Waals surface area contributed by atoms with Gasteiger partial charge in [-0.05, 0) is 18.2 Å². The van der Waals surface area contributed by atoms with Gasteiger partial charge in [0.05, 0.1) is 5.69 Å². The predicted octanol–water partition coefficient (Wildman–Crippen LogP) is 2.78. The van der Waals surface area contributed by atoms with Gasteiger partial charge in [0, 0.05) is 11.3 Å². The Hall–Kier alpha value is -2.42. The highest BCUT2D eigenvalue weighted by atomic mass is 16.1. The Bertz CT molecular complexity index is 605. The molecule has 18 heavy (non-hydrogen) atoms. The third-order valence-corrected chi connectivity index (χ3v) is 3.03. The van der Waals surface area contributed by atoms with Gasteiger partial charge < -0.3 is 4.90 Å². The molecule has 0 aromatic heterocycles. The normalized spacial score (nSPS) is 13.8. The molecule has 0 spiro atoms. The lowest BCUT2D eigenvalue weighted by Gasteiger charge is -2.28. The fourth-order valence-electron chi connectivity index (χ4n) is 2.16. The van der Waals surface area contributed by atoms with E-state index >= 15 is 0 Å². The van der Waals surface area contributed by atoms with E-state index in [0.29, 0.717) is 12.4 Å². The van der Waals surface area contributed by atoms with Crippen LogP contribution in [0.1, 0.15) is 5.56 Å². The van der Waals surface area contributed by atoms with Gasteiger partial charge in [0.2, 0.25) is 0 Å². The van der Waals surface area contributed by atoms with E-state index < -0.39 is 0 Å². The number of hydrogen-bond acceptors (Lipinski definition) is 3. The summed E-state index contributed by atoms with van der Waals surface area (Å²) in [4.78, 5) is 17.4. The van der Waals surface area contributed by atoms with Crippen molar-refractivity contribution in [1.82, 2.24) is 0 Å². The van der Waals surface area contributed by atoms with Crippen LogP contribution in [0.15, 0.2) is 59.6 Å². The lowest BCUT2D eigenvalue weighted by molar-refractivity contribution is -0.102. The number of aliphatic imine (C=N–C) groups is 1. The number of fused-ring (bicyclic) bond motifs is 1. The van der Waals surface area contributed by atoms with Crippen molar-refractivity contribution in [3.8, 4) is 0 Å². The molecule has 2 aromatic carbocycles.